The van der Waals surface area contributed by atoms with Crippen LogP contribution in [0.25, 0.3) is 17.0 Å². The molecule has 0 atom stereocenters. The lowest BCUT2D eigenvalue weighted by Gasteiger charge is -2.05. The standard InChI is InChI=1S/C13H6BrClFN3O2/c14-8-3-1-2-7(10(8)16)11-17-18-12-9(15)4-6(13(20)21)5-19(11)12/h1-5H,(H,20,21). The molecular formula is C13H6BrClFN3O2. The molecule has 0 amide bonds. The summed E-state index contributed by atoms with van der Waals surface area (Å²) in [5.74, 6) is -1.48. The maximum Gasteiger partial charge on any atom is 0.337 e. The van der Waals surface area contributed by atoms with Gasteiger partial charge in [-0.2, -0.15) is 0 Å². The van der Waals surface area contributed by atoms with E-state index >= 15 is 0 Å². The Kier molecular flexibility index (Phi) is 3.38. The monoisotopic (exact) mass is 369 g/mol. The van der Waals surface area contributed by atoms with E-state index in [9.17, 15) is 9.18 Å². The summed E-state index contributed by atoms with van der Waals surface area (Å²) in [5, 5.41) is 17.0. The van der Waals surface area contributed by atoms with E-state index in [0.29, 0.717) is 0 Å². The van der Waals surface area contributed by atoms with E-state index in [4.69, 9.17) is 16.7 Å². The van der Waals surface area contributed by atoms with Gasteiger partial charge in [0.2, 0.25) is 0 Å². The number of aromatic carboxylic acids is 1. The summed E-state index contributed by atoms with van der Waals surface area (Å²) in [6.07, 6.45) is 1.30. The molecule has 1 N–H and O–H groups in total. The van der Waals surface area contributed by atoms with Crippen LogP contribution in [0, 0.1) is 5.82 Å². The summed E-state index contributed by atoms with van der Waals surface area (Å²) in [5.41, 5.74) is 0.412. The van der Waals surface area contributed by atoms with Gasteiger partial charge in [-0.1, -0.05) is 17.7 Å². The topological polar surface area (TPSA) is 67.5 Å². The molecule has 0 saturated carbocycles. The van der Waals surface area contributed by atoms with Crippen molar-refractivity contribution in [3.05, 3.63) is 51.3 Å². The second-order valence-corrected chi connectivity index (χ2v) is 5.46. The predicted molar refractivity (Wildman–Crippen MR) is 78.1 cm³/mol. The van der Waals surface area contributed by atoms with Gasteiger partial charge >= 0.3 is 5.97 Å². The molecule has 0 saturated heterocycles. The van der Waals surface area contributed by atoms with Gasteiger partial charge in [0.05, 0.1) is 20.6 Å². The van der Waals surface area contributed by atoms with Gasteiger partial charge in [-0.15, -0.1) is 10.2 Å². The average Bonchev–Trinajstić information content (AvgIpc) is 2.86. The van der Waals surface area contributed by atoms with E-state index in [-0.39, 0.29) is 32.1 Å². The number of carboxylic acids is 1. The highest BCUT2D eigenvalue weighted by molar-refractivity contribution is 9.10. The molecule has 5 nitrogen and oxygen atoms in total. The summed E-state index contributed by atoms with van der Waals surface area (Å²) in [6, 6.07) is 6.00. The Balaban J connectivity index is 2.33. The van der Waals surface area contributed by atoms with Crippen molar-refractivity contribution in [2.75, 3.05) is 0 Å². The number of carboxylic acid groups (broad SMARTS) is 1. The lowest BCUT2D eigenvalue weighted by Crippen LogP contribution is -2.01. The second kappa shape index (κ2) is 5.09. The summed E-state index contributed by atoms with van der Waals surface area (Å²) in [6.45, 7) is 0. The van der Waals surface area contributed by atoms with Crippen molar-refractivity contribution >= 4 is 39.1 Å². The number of fused-ring (bicyclic) bond motifs is 1. The van der Waals surface area contributed by atoms with Crippen LogP contribution in [0.2, 0.25) is 5.02 Å². The fourth-order valence-electron chi connectivity index (χ4n) is 1.93. The number of benzene rings is 1. The molecule has 1 aromatic carbocycles. The van der Waals surface area contributed by atoms with Crippen molar-refractivity contribution in [2.24, 2.45) is 0 Å². The highest BCUT2D eigenvalue weighted by Gasteiger charge is 2.18. The molecule has 0 spiro atoms. The fraction of sp³-hybridized carbons (Fsp3) is 0. The first-order chi connectivity index (χ1) is 9.99. The number of hydrogen-bond acceptors (Lipinski definition) is 3. The number of halogens is 3. The highest BCUT2D eigenvalue weighted by atomic mass is 79.9. The van der Waals surface area contributed by atoms with Crippen LogP contribution in [0.3, 0.4) is 0 Å². The Bertz CT molecular complexity index is 881. The van der Waals surface area contributed by atoms with Gasteiger partial charge < -0.3 is 5.11 Å². The van der Waals surface area contributed by atoms with Crippen molar-refractivity contribution in [1.82, 2.24) is 14.6 Å². The molecule has 8 heteroatoms. The van der Waals surface area contributed by atoms with Crippen molar-refractivity contribution in [2.45, 2.75) is 0 Å². The van der Waals surface area contributed by atoms with Crippen LogP contribution in [0.5, 0.6) is 0 Å². The van der Waals surface area contributed by atoms with Gasteiger partial charge in [-0.25, -0.2) is 9.18 Å². The third kappa shape index (κ3) is 2.28. The molecule has 3 rings (SSSR count). The SMILES string of the molecule is O=C(O)c1cc(Cl)c2nnc(-c3cccc(Br)c3F)n2c1. The van der Waals surface area contributed by atoms with Crippen LogP contribution in [0.15, 0.2) is 34.9 Å². The van der Waals surface area contributed by atoms with Crippen molar-refractivity contribution in [3.63, 3.8) is 0 Å². The Morgan fingerprint density at radius 2 is 2.14 bits per heavy atom. The van der Waals surface area contributed by atoms with E-state index in [0.717, 1.165) is 0 Å². The van der Waals surface area contributed by atoms with E-state index in [2.05, 4.69) is 26.1 Å². The van der Waals surface area contributed by atoms with Crippen molar-refractivity contribution in [1.29, 1.82) is 0 Å². The molecule has 0 aliphatic rings. The summed E-state index contributed by atoms with van der Waals surface area (Å²) in [7, 11) is 0. The third-order valence-electron chi connectivity index (χ3n) is 2.90. The zero-order valence-corrected chi connectivity index (χ0v) is 12.6. The lowest BCUT2D eigenvalue weighted by molar-refractivity contribution is 0.0696. The van der Waals surface area contributed by atoms with E-state index in [1.807, 2.05) is 0 Å². The third-order valence-corrected chi connectivity index (χ3v) is 3.79. The first-order valence-corrected chi connectivity index (χ1v) is 6.88. The molecule has 0 fully saturated rings. The summed E-state index contributed by atoms with van der Waals surface area (Å²) in [4.78, 5) is 11.1. The summed E-state index contributed by atoms with van der Waals surface area (Å²) >= 11 is 9.08. The number of rotatable bonds is 2. The van der Waals surface area contributed by atoms with Crippen LogP contribution in [0.4, 0.5) is 4.39 Å². The molecule has 106 valence electrons. The van der Waals surface area contributed by atoms with Gasteiger partial charge in [0, 0.05) is 6.20 Å². The van der Waals surface area contributed by atoms with Crippen LogP contribution in [-0.2, 0) is 0 Å². The van der Waals surface area contributed by atoms with Crippen molar-refractivity contribution in [3.8, 4) is 11.4 Å². The van der Waals surface area contributed by atoms with E-state index in [1.54, 1.807) is 12.1 Å². The first-order valence-electron chi connectivity index (χ1n) is 5.71. The van der Waals surface area contributed by atoms with E-state index in [1.165, 1.54) is 22.7 Å². The molecule has 2 heterocycles. The molecular weight excluding hydrogens is 365 g/mol. The lowest BCUT2D eigenvalue weighted by atomic mass is 10.2. The Morgan fingerprint density at radius 3 is 2.86 bits per heavy atom. The second-order valence-electron chi connectivity index (χ2n) is 4.20. The minimum Gasteiger partial charge on any atom is -0.478 e. The first kappa shape index (κ1) is 14.0. The maximum atomic E-state index is 14.2. The molecule has 0 unspecified atom stereocenters. The molecule has 0 bridgehead atoms. The molecule has 3 aromatic rings. The largest absolute Gasteiger partial charge is 0.478 e. The highest BCUT2D eigenvalue weighted by Crippen LogP contribution is 2.28. The normalized spacial score (nSPS) is 11.0. The van der Waals surface area contributed by atoms with Gasteiger partial charge in [-0.3, -0.25) is 4.40 Å². The minimum atomic E-state index is -1.15. The zero-order chi connectivity index (χ0) is 15.1. The van der Waals surface area contributed by atoms with Crippen molar-refractivity contribution < 1.29 is 14.3 Å². The fourth-order valence-corrected chi connectivity index (χ4v) is 2.54. The summed E-state index contributed by atoms with van der Waals surface area (Å²) < 4.78 is 15.8. The van der Waals surface area contributed by atoms with Crippen LogP contribution in [-0.4, -0.2) is 25.7 Å². The van der Waals surface area contributed by atoms with E-state index < -0.39 is 11.8 Å². The molecule has 21 heavy (non-hydrogen) atoms. The number of aromatic nitrogens is 3. The predicted octanol–water partition coefficient (Wildman–Crippen LogP) is 3.65. The van der Waals surface area contributed by atoms with Crippen LogP contribution < -0.4 is 0 Å². The maximum absolute atomic E-state index is 14.2. The quantitative estimate of drug-likeness (QED) is 0.748. The molecule has 2 aromatic heterocycles. The zero-order valence-electron chi connectivity index (χ0n) is 10.2. The minimum absolute atomic E-state index is 0.0380. The number of hydrogen-bond donors (Lipinski definition) is 1. The van der Waals surface area contributed by atoms with Crippen LogP contribution >= 0.6 is 27.5 Å². The Hall–Kier alpha value is -1.99. The van der Waals surface area contributed by atoms with Gasteiger partial charge in [-0.05, 0) is 34.1 Å². The van der Waals surface area contributed by atoms with Gasteiger partial charge in [0.15, 0.2) is 11.5 Å². The molecule has 0 radical (unpaired) electrons. The smallest absolute Gasteiger partial charge is 0.337 e. The number of nitrogens with zero attached hydrogens (tertiary/aromatic N) is 3. The van der Waals surface area contributed by atoms with Gasteiger partial charge in [0.25, 0.3) is 0 Å². The van der Waals surface area contributed by atoms with Crippen LogP contribution in [0.1, 0.15) is 10.4 Å². The number of carbonyl (C=O) groups is 1. The Labute approximate surface area is 131 Å². The Morgan fingerprint density at radius 1 is 1.38 bits per heavy atom. The number of pyridine rings is 1. The average molecular weight is 371 g/mol. The molecule has 0 aliphatic heterocycles. The van der Waals surface area contributed by atoms with Gasteiger partial charge in [0.1, 0.15) is 5.82 Å². The molecule has 0 aliphatic carbocycles.